The third-order valence-electron chi connectivity index (χ3n) is 2.49. The lowest BCUT2D eigenvalue weighted by atomic mass is 10.2. The molecule has 1 aromatic carbocycles. The first-order valence-corrected chi connectivity index (χ1v) is 6.37. The number of rotatable bonds is 3. The monoisotopic (exact) mass is 364 g/mol. The number of aromatic nitrogens is 1. The number of hydrogen-bond donors (Lipinski definition) is 3. The van der Waals surface area contributed by atoms with Gasteiger partial charge in [0.1, 0.15) is 17.5 Å². The molecular formula is C12H9BrF4N4. The van der Waals surface area contributed by atoms with Crippen LogP contribution in [0.4, 0.5) is 34.9 Å². The molecule has 0 aliphatic heterocycles. The molecule has 0 amide bonds. The van der Waals surface area contributed by atoms with Gasteiger partial charge in [0, 0.05) is 4.47 Å². The van der Waals surface area contributed by atoms with E-state index in [0.29, 0.717) is 4.47 Å². The number of alkyl halides is 3. The Morgan fingerprint density at radius 1 is 1.10 bits per heavy atom. The molecule has 0 bridgehead atoms. The predicted octanol–water partition coefficient (Wildman–Crippen LogP) is 4.03. The largest absolute Gasteiger partial charge is 0.416 e. The smallest absolute Gasteiger partial charge is 0.338 e. The minimum absolute atomic E-state index is 0.0147. The van der Waals surface area contributed by atoms with Gasteiger partial charge in [-0.1, -0.05) is 15.9 Å². The third kappa shape index (κ3) is 3.82. The standard InChI is InChI=1S/C12H9BrF4N4/c13-7-1-2-8(14)9(5-7)19-10-3-6(12(15,16)17)4-11(20-10)21-18/h1-5H,18H2,(H2,19,20,21). The van der Waals surface area contributed by atoms with Crippen LogP contribution in [0.2, 0.25) is 0 Å². The van der Waals surface area contributed by atoms with Gasteiger partial charge in [0.15, 0.2) is 0 Å². The number of nitrogen functional groups attached to an aromatic ring is 1. The third-order valence-corrected chi connectivity index (χ3v) is 2.98. The molecule has 9 heteroatoms. The lowest BCUT2D eigenvalue weighted by molar-refractivity contribution is -0.137. The van der Waals surface area contributed by atoms with Crippen molar-refractivity contribution in [1.29, 1.82) is 0 Å². The van der Waals surface area contributed by atoms with Crippen molar-refractivity contribution in [3.05, 3.63) is 46.2 Å². The average Bonchev–Trinajstić information content (AvgIpc) is 2.41. The quantitative estimate of drug-likeness (QED) is 0.437. The van der Waals surface area contributed by atoms with Crippen LogP contribution < -0.4 is 16.6 Å². The van der Waals surface area contributed by atoms with Gasteiger partial charge in [-0.15, -0.1) is 0 Å². The Bertz CT molecular complexity index is 660. The molecule has 4 nitrogen and oxygen atoms in total. The summed E-state index contributed by atoms with van der Waals surface area (Å²) in [7, 11) is 0. The topological polar surface area (TPSA) is 63.0 Å². The summed E-state index contributed by atoms with van der Waals surface area (Å²) in [5.74, 6) is 4.09. The number of anilines is 3. The number of nitrogens with zero attached hydrogens (tertiary/aromatic N) is 1. The summed E-state index contributed by atoms with van der Waals surface area (Å²) < 4.78 is 52.4. The molecule has 0 radical (unpaired) electrons. The van der Waals surface area contributed by atoms with Crippen LogP contribution in [0.1, 0.15) is 5.56 Å². The molecule has 0 fully saturated rings. The Morgan fingerprint density at radius 2 is 1.76 bits per heavy atom. The van der Waals surface area contributed by atoms with Crippen molar-refractivity contribution in [3.63, 3.8) is 0 Å². The molecule has 4 N–H and O–H groups in total. The van der Waals surface area contributed by atoms with Gasteiger partial charge in [-0.25, -0.2) is 15.2 Å². The molecule has 0 unspecified atom stereocenters. The van der Waals surface area contributed by atoms with E-state index < -0.39 is 17.6 Å². The molecule has 21 heavy (non-hydrogen) atoms. The SMILES string of the molecule is NNc1cc(C(F)(F)F)cc(Nc2cc(Br)ccc2F)n1. The molecule has 0 saturated heterocycles. The van der Waals surface area contributed by atoms with Crippen molar-refractivity contribution in [2.24, 2.45) is 5.84 Å². The van der Waals surface area contributed by atoms with Gasteiger partial charge in [-0.3, -0.25) is 0 Å². The number of nitrogens with two attached hydrogens (primary N) is 1. The van der Waals surface area contributed by atoms with Gasteiger partial charge >= 0.3 is 6.18 Å². The molecule has 0 saturated carbocycles. The van der Waals surface area contributed by atoms with Gasteiger partial charge in [0.25, 0.3) is 0 Å². The molecule has 0 atom stereocenters. The van der Waals surface area contributed by atoms with Crippen LogP contribution >= 0.6 is 15.9 Å². The summed E-state index contributed by atoms with van der Waals surface area (Å²) in [4.78, 5) is 3.80. The van der Waals surface area contributed by atoms with E-state index >= 15 is 0 Å². The molecule has 0 aliphatic rings. The molecule has 1 heterocycles. The zero-order valence-corrected chi connectivity index (χ0v) is 11.9. The number of halogens is 5. The Balaban J connectivity index is 2.42. The fourth-order valence-electron chi connectivity index (χ4n) is 1.56. The number of nitrogens with one attached hydrogen (secondary N) is 2. The van der Waals surface area contributed by atoms with Crippen molar-refractivity contribution in [2.45, 2.75) is 6.18 Å². The second-order valence-corrected chi connectivity index (χ2v) is 4.93. The average molecular weight is 365 g/mol. The van der Waals surface area contributed by atoms with E-state index in [-0.39, 0.29) is 17.3 Å². The summed E-state index contributed by atoms with van der Waals surface area (Å²) in [5, 5.41) is 2.49. The fraction of sp³-hybridized carbons (Fsp3) is 0.0833. The normalized spacial score (nSPS) is 11.3. The summed E-state index contributed by atoms with van der Waals surface area (Å²) in [6.45, 7) is 0. The highest BCUT2D eigenvalue weighted by atomic mass is 79.9. The molecule has 0 spiro atoms. The van der Waals surface area contributed by atoms with Gasteiger partial charge in [-0.2, -0.15) is 13.2 Å². The number of hydrazine groups is 1. The lowest BCUT2D eigenvalue weighted by Gasteiger charge is -2.13. The Labute approximate surface area is 125 Å². The Morgan fingerprint density at radius 3 is 2.38 bits per heavy atom. The zero-order valence-electron chi connectivity index (χ0n) is 10.3. The maximum atomic E-state index is 13.6. The number of benzene rings is 1. The van der Waals surface area contributed by atoms with E-state index in [1.165, 1.54) is 18.2 Å². The molecule has 2 aromatic rings. The molecule has 1 aromatic heterocycles. The van der Waals surface area contributed by atoms with Crippen LogP contribution in [0, 0.1) is 5.82 Å². The lowest BCUT2D eigenvalue weighted by Crippen LogP contribution is -2.13. The van der Waals surface area contributed by atoms with Crippen LogP contribution in [-0.4, -0.2) is 4.98 Å². The van der Waals surface area contributed by atoms with Crippen molar-refractivity contribution in [3.8, 4) is 0 Å². The molecule has 0 aliphatic carbocycles. The van der Waals surface area contributed by atoms with E-state index in [9.17, 15) is 17.6 Å². The van der Waals surface area contributed by atoms with Crippen molar-refractivity contribution >= 4 is 33.3 Å². The first kappa shape index (κ1) is 15.5. The van der Waals surface area contributed by atoms with Crippen LogP contribution in [-0.2, 0) is 6.18 Å². The Kier molecular flexibility index (Phi) is 4.33. The molecule has 112 valence electrons. The highest BCUT2D eigenvalue weighted by Gasteiger charge is 2.31. The predicted molar refractivity (Wildman–Crippen MR) is 74.4 cm³/mol. The van der Waals surface area contributed by atoms with E-state index in [2.05, 4.69) is 26.2 Å². The second kappa shape index (κ2) is 5.86. The van der Waals surface area contributed by atoms with Gasteiger partial charge in [-0.05, 0) is 30.3 Å². The second-order valence-electron chi connectivity index (χ2n) is 4.02. The van der Waals surface area contributed by atoms with Crippen molar-refractivity contribution in [2.75, 3.05) is 10.7 Å². The molecular weight excluding hydrogens is 356 g/mol. The van der Waals surface area contributed by atoms with Gasteiger partial charge in [0.05, 0.1) is 11.3 Å². The summed E-state index contributed by atoms with van der Waals surface area (Å²) >= 11 is 3.14. The Hall–Kier alpha value is -1.87. The van der Waals surface area contributed by atoms with E-state index in [4.69, 9.17) is 5.84 Å². The summed E-state index contributed by atoms with van der Waals surface area (Å²) in [6.07, 6.45) is -4.57. The minimum Gasteiger partial charge on any atom is -0.338 e. The first-order valence-electron chi connectivity index (χ1n) is 5.57. The van der Waals surface area contributed by atoms with Gasteiger partial charge in [0.2, 0.25) is 0 Å². The van der Waals surface area contributed by atoms with Crippen LogP contribution in [0.15, 0.2) is 34.8 Å². The highest BCUT2D eigenvalue weighted by molar-refractivity contribution is 9.10. The zero-order chi connectivity index (χ0) is 15.6. The van der Waals surface area contributed by atoms with E-state index in [1.54, 1.807) is 0 Å². The van der Waals surface area contributed by atoms with Crippen LogP contribution in [0.5, 0.6) is 0 Å². The minimum atomic E-state index is -4.57. The fourth-order valence-corrected chi connectivity index (χ4v) is 1.92. The van der Waals surface area contributed by atoms with Crippen molar-refractivity contribution in [1.82, 2.24) is 4.98 Å². The summed E-state index contributed by atoms with van der Waals surface area (Å²) in [5.41, 5.74) is 1.07. The maximum absolute atomic E-state index is 13.6. The van der Waals surface area contributed by atoms with Crippen LogP contribution in [0.25, 0.3) is 0 Å². The molecule has 2 rings (SSSR count). The van der Waals surface area contributed by atoms with Crippen LogP contribution in [0.3, 0.4) is 0 Å². The first-order chi connectivity index (χ1) is 9.79. The van der Waals surface area contributed by atoms with E-state index in [1.807, 2.05) is 5.43 Å². The maximum Gasteiger partial charge on any atom is 0.416 e. The highest BCUT2D eigenvalue weighted by Crippen LogP contribution is 2.33. The van der Waals surface area contributed by atoms with Crippen molar-refractivity contribution < 1.29 is 17.6 Å². The van der Waals surface area contributed by atoms with E-state index in [0.717, 1.165) is 12.1 Å². The number of hydrogen-bond acceptors (Lipinski definition) is 4. The van der Waals surface area contributed by atoms with Gasteiger partial charge < -0.3 is 10.7 Å². The number of pyridine rings is 1. The summed E-state index contributed by atoms with van der Waals surface area (Å²) in [6, 6.07) is 5.53.